The smallest absolute Gasteiger partial charge is 0.394 e. The van der Waals surface area contributed by atoms with Gasteiger partial charge in [0.05, 0.1) is 23.6 Å². The summed E-state index contributed by atoms with van der Waals surface area (Å²) in [5.74, 6) is 0.641. The lowest BCUT2D eigenvalue weighted by Crippen LogP contribution is -2.21. The van der Waals surface area contributed by atoms with Gasteiger partial charge in [0.25, 0.3) is 0 Å². The lowest BCUT2D eigenvalue weighted by atomic mass is 10.2. The van der Waals surface area contributed by atoms with Crippen molar-refractivity contribution < 1.29 is 18.3 Å². The molecule has 0 aliphatic carbocycles. The lowest BCUT2D eigenvalue weighted by Gasteiger charge is -2.14. The third-order valence-electron chi connectivity index (χ3n) is 3.79. The minimum atomic E-state index is -4.39. The van der Waals surface area contributed by atoms with Crippen molar-refractivity contribution in [1.29, 1.82) is 0 Å². The number of aliphatic hydroxyl groups excluding tert-OH is 1. The highest BCUT2D eigenvalue weighted by Crippen LogP contribution is 2.30. The van der Waals surface area contributed by atoms with Crippen LogP contribution in [-0.2, 0) is 6.18 Å². The van der Waals surface area contributed by atoms with Gasteiger partial charge in [-0.1, -0.05) is 6.07 Å². The maximum atomic E-state index is 12.7. The maximum absolute atomic E-state index is 12.7. The number of anilines is 3. The summed E-state index contributed by atoms with van der Waals surface area (Å²) in [7, 11) is 0. The third-order valence-corrected chi connectivity index (χ3v) is 3.79. The Labute approximate surface area is 159 Å². The molecule has 0 aliphatic heterocycles. The van der Waals surface area contributed by atoms with Crippen molar-refractivity contribution in [2.24, 2.45) is 0 Å². The Bertz CT molecular complexity index is 917. The molecule has 28 heavy (non-hydrogen) atoms. The number of aliphatic hydroxyl groups is 1. The van der Waals surface area contributed by atoms with E-state index < -0.39 is 11.7 Å². The van der Waals surface area contributed by atoms with Crippen LogP contribution in [0.3, 0.4) is 0 Å². The molecular formula is C19H18F3N5O. The van der Waals surface area contributed by atoms with Gasteiger partial charge in [-0.3, -0.25) is 4.98 Å². The van der Waals surface area contributed by atoms with Gasteiger partial charge in [-0.15, -0.1) is 0 Å². The van der Waals surface area contributed by atoms with Crippen LogP contribution in [0.5, 0.6) is 0 Å². The van der Waals surface area contributed by atoms with E-state index in [0.717, 1.165) is 12.1 Å². The summed E-state index contributed by atoms with van der Waals surface area (Å²) in [6.07, 6.45) is -2.76. The molecule has 1 atom stereocenters. The van der Waals surface area contributed by atoms with E-state index in [1.54, 1.807) is 31.3 Å². The molecule has 2 aromatic heterocycles. The largest absolute Gasteiger partial charge is 0.416 e. The van der Waals surface area contributed by atoms with Gasteiger partial charge in [-0.2, -0.15) is 18.2 Å². The summed E-state index contributed by atoms with van der Waals surface area (Å²) in [6, 6.07) is 11.4. The molecule has 9 heteroatoms. The van der Waals surface area contributed by atoms with Gasteiger partial charge in [-0.05, 0) is 43.3 Å². The molecule has 0 aliphatic rings. The highest BCUT2D eigenvalue weighted by molar-refractivity contribution is 5.65. The number of nitrogens with zero attached hydrogens (tertiary/aromatic N) is 3. The van der Waals surface area contributed by atoms with Gasteiger partial charge in [0.15, 0.2) is 0 Å². The Hall–Kier alpha value is -3.20. The fraction of sp³-hybridized carbons (Fsp3) is 0.211. The van der Waals surface area contributed by atoms with Crippen molar-refractivity contribution in [3.63, 3.8) is 0 Å². The maximum Gasteiger partial charge on any atom is 0.416 e. The van der Waals surface area contributed by atoms with Crippen LogP contribution in [0, 0.1) is 0 Å². The van der Waals surface area contributed by atoms with Crippen LogP contribution < -0.4 is 10.6 Å². The number of nitrogens with one attached hydrogen (secondary N) is 2. The summed E-state index contributed by atoms with van der Waals surface area (Å²) >= 11 is 0. The zero-order valence-corrected chi connectivity index (χ0v) is 14.9. The Morgan fingerprint density at radius 2 is 1.79 bits per heavy atom. The molecule has 1 aromatic carbocycles. The van der Waals surface area contributed by atoms with Gasteiger partial charge in [-0.25, -0.2) is 4.98 Å². The Kier molecular flexibility index (Phi) is 5.74. The van der Waals surface area contributed by atoms with E-state index >= 15 is 0 Å². The highest BCUT2D eigenvalue weighted by Gasteiger charge is 2.29. The van der Waals surface area contributed by atoms with Crippen molar-refractivity contribution in [1.82, 2.24) is 15.0 Å². The zero-order chi connectivity index (χ0) is 20.1. The minimum Gasteiger partial charge on any atom is -0.394 e. The standard InChI is InChI=1S/C19H18F3N5O/c1-12(11-28)24-18-26-16(15-4-2-3-9-23-15)10-17(27-18)25-14-7-5-13(6-8-14)19(20,21)22/h2-10,12,28H,11H2,1H3,(H2,24,25,26,27)/t12-/m1/s1. The second-order valence-corrected chi connectivity index (χ2v) is 6.11. The number of hydrogen-bond acceptors (Lipinski definition) is 6. The lowest BCUT2D eigenvalue weighted by molar-refractivity contribution is -0.137. The summed E-state index contributed by atoms with van der Waals surface area (Å²) in [5, 5.41) is 15.2. The van der Waals surface area contributed by atoms with Gasteiger partial charge in [0.2, 0.25) is 5.95 Å². The SMILES string of the molecule is C[C@H](CO)Nc1nc(Nc2ccc(C(F)(F)F)cc2)cc(-c2ccccn2)n1. The first-order valence-electron chi connectivity index (χ1n) is 8.47. The monoisotopic (exact) mass is 389 g/mol. The number of alkyl halides is 3. The van der Waals surface area contributed by atoms with Gasteiger partial charge in [0.1, 0.15) is 5.82 Å². The van der Waals surface area contributed by atoms with E-state index in [-0.39, 0.29) is 18.6 Å². The first kappa shape index (κ1) is 19.6. The molecule has 3 aromatic rings. The highest BCUT2D eigenvalue weighted by atomic mass is 19.4. The molecule has 146 valence electrons. The van der Waals surface area contributed by atoms with Crippen LogP contribution in [0.2, 0.25) is 0 Å². The quantitative estimate of drug-likeness (QED) is 0.589. The van der Waals surface area contributed by atoms with Crippen LogP contribution in [0.4, 0.5) is 30.6 Å². The van der Waals surface area contributed by atoms with E-state index in [2.05, 4.69) is 25.6 Å². The van der Waals surface area contributed by atoms with Crippen molar-refractivity contribution >= 4 is 17.5 Å². The molecule has 0 amide bonds. The molecule has 3 rings (SSSR count). The minimum absolute atomic E-state index is 0.112. The molecule has 0 unspecified atom stereocenters. The summed E-state index contributed by atoms with van der Waals surface area (Å²) in [5.41, 5.74) is 0.853. The van der Waals surface area contributed by atoms with Crippen LogP contribution >= 0.6 is 0 Å². The number of aromatic nitrogens is 3. The van der Waals surface area contributed by atoms with Crippen molar-refractivity contribution in [2.75, 3.05) is 17.2 Å². The topological polar surface area (TPSA) is 83.0 Å². The zero-order valence-electron chi connectivity index (χ0n) is 14.9. The molecule has 3 N–H and O–H groups in total. The number of halogens is 3. The van der Waals surface area contributed by atoms with Gasteiger partial charge < -0.3 is 15.7 Å². The number of hydrogen-bond donors (Lipinski definition) is 3. The fourth-order valence-corrected chi connectivity index (χ4v) is 2.38. The number of pyridine rings is 1. The van der Waals surface area contributed by atoms with Gasteiger partial charge >= 0.3 is 6.18 Å². The molecule has 0 bridgehead atoms. The van der Waals surface area contributed by atoms with Crippen molar-refractivity contribution in [3.8, 4) is 11.4 Å². The average Bonchev–Trinajstić information content (AvgIpc) is 2.68. The van der Waals surface area contributed by atoms with Crippen molar-refractivity contribution in [2.45, 2.75) is 19.1 Å². The number of rotatable bonds is 6. The van der Waals surface area contributed by atoms with Gasteiger partial charge in [0, 0.05) is 24.0 Å². The summed E-state index contributed by atoms with van der Waals surface area (Å²) in [4.78, 5) is 13.0. The first-order valence-corrected chi connectivity index (χ1v) is 8.47. The van der Waals surface area contributed by atoms with E-state index in [4.69, 9.17) is 0 Å². The second kappa shape index (κ2) is 8.22. The van der Waals surface area contributed by atoms with Crippen LogP contribution in [0.1, 0.15) is 12.5 Å². The molecular weight excluding hydrogens is 371 g/mol. The Morgan fingerprint density at radius 3 is 2.39 bits per heavy atom. The third kappa shape index (κ3) is 4.95. The molecule has 0 saturated carbocycles. The molecule has 0 spiro atoms. The van der Waals surface area contributed by atoms with E-state index in [9.17, 15) is 18.3 Å². The molecule has 0 fully saturated rings. The van der Waals surface area contributed by atoms with Crippen molar-refractivity contribution in [3.05, 3.63) is 60.3 Å². The normalized spacial score (nSPS) is 12.5. The van der Waals surface area contributed by atoms with E-state index in [1.807, 2.05) is 6.07 Å². The summed E-state index contributed by atoms with van der Waals surface area (Å²) < 4.78 is 38.2. The van der Waals surface area contributed by atoms with E-state index in [1.165, 1.54) is 12.1 Å². The first-order chi connectivity index (χ1) is 13.3. The Balaban J connectivity index is 1.91. The molecule has 0 saturated heterocycles. The van der Waals surface area contributed by atoms with Crippen LogP contribution in [0.15, 0.2) is 54.7 Å². The Morgan fingerprint density at radius 1 is 1.04 bits per heavy atom. The second-order valence-electron chi connectivity index (χ2n) is 6.11. The predicted molar refractivity (Wildman–Crippen MR) is 100 cm³/mol. The van der Waals surface area contributed by atoms with Crippen LogP contribution in [-0.4, -0.2) is 32.7 Å². The average molecular weight is 389 g/mol. The van der Waals surface area contributed by atoms with E-state index in [0.29, 0.717) is 22.9 Å². The number of benzene rings is 1. The summed E-state index contributed by atoms with van der Waals surface area (Å²) in [6.45, 7) is 1.65. The predicted octanol–water partition coefficient (Wildman–Crippen LogP) is 4.09. The van der Waals surface area contributed by atoms with Crippen LogP contribution in [0.25, 0.3) is 11.4 Å². The molecule has 0 radical (unpaired) electrons. The molecule has 2 heterocycles. The fourth-order valence-electron chi connectivity index (χ4n) is 2.38. The molecule has 6 nitrogen and oxygen atoms in total.